The number of carbonyl (C=O) groups is 1. The fraction of sp³-hybridized carbons (Fsp3) is 0.467. The first-order valence-electron chi connectivity index (χ1n) is 7.21. The number of ether oxygens (including phenoxy) is 1. The summed E-state index contributed by atoms with van der Waals surface area (Å²) in [6.07, 6.45) is 3.98. The topological polar surface area (TPSA) is 53.9 Å². The third-order valence-corrected chi connectivity index (χ3v) is 4.30. The summed E-state index contributed by atoms with van der Waals surface area (Å²) < 4.78 is 5.16. The lowest BCUT2D eigenvalue weighted by atomic mass is 10.1. The molecule has 1 amide bonds. The van der Waals surface area contributed by atoms with Crippen LogP contribution in [0.1, 0.15) is 36.7 Å². The molecule has 1 fully saturated rings. The number of nitrogens with zero attached hydrogens (tertiary/aromatic N) is 2. The number of fused-ring (bicyclic) bond motifs is 2. The van der Waals surface area contributed by atoms with E-state index in [0.717, 1.165) is 42.9 Å². The minimum atomic E-state index is -0.490. The maximum atomic E-state index is 11.3. The SMILES string of the molecule is CNC(=O)Oc1ccc2c(c1)C(Cl)N1CCCCCC1=N2. The highest BCUT2D eigenvalue weighted by atomic mass is 35.5. The van der Waals surface area contributed by atoms with Gasteiger partial charge in [0.25, 0.3) is 0 Å². The van der Waals surface area contributed by atoms with Crippen LogP contribution in [-0.2, 0) is 0 Å². The molecule has 1 N–H and O–H groups in total. The molecule has 21 heavy (non-hydrogen) atoms. The number of benzene rings is 1. The molecule has 1 aromatic rings. The molecule has 1 saturated heterocycles. The molecule has 0 aromatic heterocycles. The molecule has 3 rings (SSSR count). The van der Waals surface area contributed by atoms with E-state index >= 15 is 0 Å². The number of hydrogen-bond acceptors (Lipinski definition) is 4. The van der Waals surface area contributed by atoms with Gasteiger partial charge in [-0.15, -0.1) is 0 Å². The average molecular weight is 308 g/mol. The third kappa shape index (κ3) is 2.83. The number of amides is 1. The Bertz CT molecular complexity index is 588. The summed E-state index contributed by atoms with van der Waals surface area (Å²) in [5.41, 5.74) is 1.51. The predicted octanol–water partition coefficient (Wildman–Crippen LogP) is 3.56. The number of nitrogens with one attached hydrogen (secondary N) is 1. The first kappa shape index (κ1) is 14.2. The largest absolute Gasteiger partial charge is 0.412 e. The summed E-state index contributed by atoms with van der Waals surface area (Å²) in [4.78, 5) is 18.2. The smallest absolute Gasteiger partial charge is 0.410 e. The van der Waals surface area contributed by atoms with Crippen LogP contribution in [0, 0.1) is 0 Å². The predicted molar refractivity (Wildman–Crippen MR) is 82.4 cm³/mol. The molecule has 0 radical (unpaired) electrons. The quantitative estimate of drug-likeness (QED) is 0.637. The molecule has 0 bridgehead atoms. The molecule has 0 aliphatic carbocycles. The Labute approximate surface area is 128 Å². The lowest BCUT2D eigenvalue weighted by molar-refractivity contribution is 0.203. The number of hydrogen-bond donors (Lipinski definition) is 1. The van der Waals surface area contributed by atoms with Crippen molar-refractivity contribution in [3.63, 3.8) is 0 Å². The normalized spacial score (nSPS) is 20.8. The van der Waals surface area contributed by atoms with Crippen molar-refractivity contribution in [2.75, 3.05) is 13.6 Å². The summed E-state index contributed by atoms with van der Waals surface area (Å²) in [7, 11) is 1.53. The molecule has 112 valence electrons. The second kappa shape index (κ2) is 5.93. The average Bonchev–Trinajstić information content (AvgIpc) is 2.73. The maximum absolute atomic E-state index is 11.3. The first-order valence-corrected chi connectivity index (χ1v) is 7.64. The molecule has 2 aliphatic heterocycles. The summed E-state index contributed by atoms with van der Waals surface area (Å²) in [6, 6.07) is 5.40. The monoisotopic (exact) mass is 307 g/mol. The second-order valence-electron chi connectivity index (χ2n) is 5.23. The van der Waals surface area contributed by atoms with Crippen LogP contribution in [0.25, 0.3) is 0 Å². The van der Waals surface area contributed by atoms with Gasteiger partial charge in [-0.2, -0.15) is 0 Å². The molecule has 1 atom stereocenters. The highest BCUT2D eigenvalue weighted by Gasteiger charge is 2.29. The van der Waals surface area contributed by atoms with Crippen molar-refractivity contribution in [1.82, 2.24) is 10.2 Å². The Kier molecular flexibility index (Phi) is 4.01. The lowest BCUT2D eigenvalue weighted by Crippen LogP contribution is -2.34. The van der Waals surface area contributed by atoms with Crippen molar-refractivity contribution in [2.24, 2.45) is 4.99 Å². The van der Waals surface area contributed by atoms with Crippen molar-refractivity contribution in [3.8, 4) is 5.75 Å². The van der Waals surface area contributed by atoms with Gasteiger partial charge in [0.05, 0.1) is 5.69 Å². The minimum Gasteiger partial charge on any atom is -0.410 e. The van der Waals surface area contributed by atoms with E-state index in [1.165, 1.54) is 13.5 Å². The summed E-state index contributed by atoms with van der Waals surface area (Å²) in [5, 5.41) is 2.43. The summed E-state index contributed by atoms with van der Waals surface area (Å²) in [6.45, 7) is 0.924. The molecule has 1 aromatic carbocycles. The molecular formula is C15H18ClN3O2. The first-order chi connectivity index (χ1) is 10.2. The van der Waals surface area contributed by atoms with Crippen molar-refractivity contribution in [3.05, 3.63) is 23.8 Å². The van der Waals surface area contributed by atoms with Crippen molar-refractivity contribution in [2.45, 2.75) is 31.2 Å². The fourth-order valence-corrected chi connectivity index (χ4v) is 3.12. The summed E-state index contributed by atoms with van der Waals surface area (Å²) in [5.74, 6) is 1.55. The van der Waals surface area contributed by atoms with E-state index in [9.17, 15) is 4.79 Å². The third-order valence-electron chi connectivity index (χ3n) is 3.82. The van der Waals surface area contributed by atoms with Crippen LogP contribution in [0.5, 0.6) is 5.75 Å². The van der Waals surface area contributed by atoms with Crippen LogP contribution in [-0.4, -0.2) is 30.4 Å². The van der Waals surface area contributed by atoms with Gasteiger partial charge < -0.3 is 15.0 Å². The Morgan fingerprint density at radius 3 is 3.10 bits per heavy atom. The highest BCUT2D eigenvalue weighted by Crippen LogP contribution is 2.41. The van der Waals surface area contributed by atoms with Crippen LogP contribution in [0.3, 0.4) is 0 Å². The summed E-state index contributed by atoms with van der Waals surface area (Å²) >= 11 is 6.62. The van der Waals surface area contributed by atoms with E-state index in [4.69, 9.17) is 21.3 Å². The van der Waals surface area contributed by atoms with E-state index in [-0.39, 0.29) is 5.50 Å². The Hall–Kier alpha value is -1.75. The van der Waals surface area contributed by atoms with Gasteiger partial charge in [-0.1, -0.05) is 18.0 Å². The van der Waals surface area contributed by atoms with Crippen molar-refractivity contribution < 1.29 is 9.53 Å². The van der Waals surface area contributed by atoms with Crippen LogP contribution in [0.4, 0.5) is 10.5 Å². The molecule has 6 heteroatoms. The van der Waals surface area contributed by atoms with Crippen LogP contribution < -0.4 is 10.1 Å². The number of aliphatic imine (C=N–C) groups is 1. The van der Waals surface area contributed by atoms with Gasteiger partial charge in [0.2, 0.25) is 0 Å². The van der Waals surface area contributed by atoms with Crippen molar-refractivity contribution >= 4 is 29.2 Å². The highest BCUT2D eigenvalue weighted by molar-refractivity contribution is 6.22. The van der Waals surface area contributed by atoms with Crippen LogP contribution in [0.2, 0.25) is 0 Å². The van der Waals surface area contributed by atoms with Gasteiger partial charge in [-0.3, -0.25) is 0 Å². The van der Waals surface area contributed by atoms with E-state index < -0.39 is 6.09 Å². The van der Waals surface area contributed by atoms with Crippen LogP contribution >= 0.6 is 11.6 Å². The molecule has 5 nitrogen and oxygen atoms in total. The van der Waals surface area contributed by atoms with Gasteiger partial charge in [0, 0.05) is 25.6 Å². The van der Waals surface area contributed by atoms with E-state index in [2.05, 4.69) is 10.2 Å². The van der Waals surface area contributed by atoms with E-state index in [1.807, 2.05) is 6.07 Å². The zero-order valence-electron chi connectivity index (χ0n) is 11.9. The Balaban J connectivity index is 1.92. The molecule has 1 unspecified atom stereocenters. The van der Waals surface area contributed by atoms with Gasteiger partial charge in [-0.25, -0.2) is 9.79 Å². The minimum absolute atomic E-state index is 0.251. The fourth-order valence-electron chi connectivity index (χ4n) is 2.73. The van der Waals surface area contributed by atoms with Gasteiger partial charge in [-0.05, 0) is 31.0 Å². The number of rotatable bonds is 1. The lowest BCUT2D eigenvalue weighted by Gasteiger charge is -2.33. The number of alkyl halides is 1. The van der Waals surface area contributed by atoms with Gasteiger partial charge in [0.15, 0.2) is 0 Å². The number of carbonyl (C=O) groups excluding carboxylic acids is 1. The molecular weight excluding hydrogens is 290 g/mol. The van der Waals surface area contributed by atoms with Crippen molar-refractivity contribution in [1.29, 1.82) is 0 Å². The van der Waals surface area contributed by atoms with Gasteiger partial charge >= 0.3 is 6.09 Å². The second-order valence-corrected chi connectivity index (χ2v) is 5.64. The van der Waals surface area contributed by atoms with Gasteiger partial charge in [0.1, 0.15) is 17.1 Å². The molecule has 2 aliphatic rings. The Morgan fingerprint density at radius 1 is 1.43 bits per heavy atom. The molecule has 0 spiro atoms. The Morgan fingerprint density at radius 2 is 2.29 bits per heavy atom. The number of amidine groups is 1. The van der Waals surface area contributed by atoms with E-state index in [1.54, 1.807) is 12.1 Å². The molecule has 2 heterocycles. The zero-order valence-corrected chi connectivity index (χ0v) is 12.7. The molecule has 0 saturated carbocycles. The zero-order chi connectivity index (χ0) is 14.8. The maximum Gasteiger partial charge on any atom is 0.412 e. The van der Waals surface area contributed by atoms with E-state index in [0.29, 0.717) is 5.75 Å². The standard InChI is InChI=1S/C15H18ClN3O2/c1-17-15(20)21-10-6-7-12-11(9-10)14(16)19-8-4-2-3-5-13(19)18-12/h6-7,9,14H,2-5,8H2,1H3,(H,17,20). The number of halogens is 1. The van der Waals surface area contributed by atoms with Crippen LogP contribution in [0.15, 0.2) is 23.2 Å².